The molecule has 0 saturated heterocycles. The molecule has 2 aromatic rings. The molecule has 2 rings (SSSR count). The van der Waals surface area contributed by atoms with E-state index in [2.05, 4.69) is 11.8 Å². The summed E-state index contributed by atoms with van der Waals surface area (Å²) in [6.07, 6.45) is 1.58. The SMILES string of the molecule is Cc1ccc(C#CCO)c(C(=O)N(C)Cc2ccco2)c1. The number of nitrogens with zero attached hydrogens (tertiary/aromatic N) is 1. The van der Waals surface area contributed by atoms with Gasteiger partial charge in [-0.1, -0.05) is 23.5 Å². The molecule has 0 saturated carbocycles. The van der Waals surface area contributed by atoms with E-state index < -0.39 is 0 Å². The van der Waals surface area contributed by atoms with E-state index in [1.807, 2.05) is 25.1 Å². The highest BCUT2D eigenvalue weighted by atomic mass is 16.3. The fourth-order valence-corrected chi connectivity index (χ4v) is 1.99. The lowest BCUT2D eigenvalue weighted by Gasteiger charge is -2.17. The first-order valence-corrected chi connectivity index (χ1v) is 6.60. The maximum Gasteiger partial charge on any atom is 0.255 e. The zero-order valence-corrected chi connectivity index (χ0v) is 12.1. The minimum absolute atomic E-state index is 0.127. The Labute approximate surface area is 124 Å². The van der Waals surface area contributed by atoms with Crippen LogP contribution in [0, 0.1) is 18.8 Å². The molecular formula is C17H17NO3. The molecule has 0 bridgehead atoms. The second kappa shape index (κ2) is 6.78. The number of aryl methyl sites for hydroxylation is 1. The summed E-state index contributed by atoms with van der Waals surface area (Å²) in [4.78, 5) is 14.1. The smallest absolute Gasteiger partial charge is 0.255 e. The van der Waals surface area contributed by atoms with Crippen LogP contribution < -0.4 is 0 Å². The van der Waals surface area contributed by atoms with Crippen molar-refractivity contribution in [1.82, 2.24) is 4.90 Å². The lowest BCUT2D eigenvalue weighted by Crippen LogP contribution is -2.26. The van der Waals surface area contributed by atoms with Gasteiger partial charge in [-0.15, -0.1) is 0 Å². The van der Waals surface area contributed by atoms with Crippen LogP contribution in [0.15, 0.2) is 41.0 Å². The highest BCUT2D eigenvalue weighted by Gasteiger charge is 2.16. The van der Waals surface area contributed by atoms with Gasteiger partial charge in [0.05, 0.1) is 18.4 Å². The molecule has 0 fully saturated rings. The molecule has 1 N–H and O–H groups in total. The van der Waals surface area contributed by atoms with Crippen molar-refractivity contribution in [2.75, 3.05) is 13.7 Å². The minimum atomic E-state index is -0.232. The second-order valence-electron chi connectivity index (χ2n) is 4.75. The van der Waals surface area contributed by atoms with Crippen LogP contribution >= 0.6 is 0 Å². The van der Waals surface area contributed by atoms with Gasteiger partial charge in [0.1, 0.15) is 12.4 Å². The van der Waals surface area contributed by atoms with Gasteiger partial charge in [0.25, 0.3) is 5.91 Å². The third kappa shape index (κ3) is 3.74. The first kappa shape index (κ1) is 14.9. The standard InChI is InChI=1S/C17H17NO3/c1-13-7-8-14(5-3-9-19)16(11-13)17(20)18(2)12-15-6-4-10-21-15/h4,6-8,10-11,19H,9,12H2,1-2H3. The number of hydrogen-bond donors (Lipinski definition) is 1. The summed E-state index contributed by atoms with van der Waals surface area (Å²) in [5, 5.41) is 8.81. The van der Waals surface area contributed by atoms with E-state index in [4.69, 9.17) is 9.52 Å². The molecule has 4 nitrogen and oxygen atoms in total. The molecule has 1 heterocycles. The third-order valence-corrected chi connectivity index (χ3v) is 3.03. The van der Waals surface area contributed by atoms with E-state index >= 15 is 0 Å². The molecule has 108 valence electrons. The van der Waals surface area contributed by atoms with Crippen molar-refractivity contribution in [2.24, 2.45) is 0 Å². The van der Waals surface area contributed by atoms with Crippen molar-refractivity contribution in [1.29, 1.82) is 0 Å². The Morgan fingerprint density at radius 1 is 1.38 bits per heavy atom. The molecule has 0 aliphatic rings. The van der Waals surface area contributed by atoms with Crippen LogP contribution in [0.2, 0.25) is 0 Å². The summed E-state index contributed by atoms with van der Waals surface area (Å²) >= 11 is 0. The Morgan fingerprint density at radius 2 is 2.19 bits per heavy atom. The zero-order valence-electron chi connectivity index (χ0n) is 12.1. The van der Waals surface area contributed by atoms with Crippen LogP contribution in [-0.4, -0.2) is 29.6 Å². The number of rotatable bonds is 3. The quantitative estimate of drug-likeness (QED) is 0.879. The topological polar surface area (TPSA) is 53.7 Å². The summed E-state index contributed by atoms with van der Waals surface area (Å²) in [6.45, 7) is 2.09. The van der Waals surface area contributed by atoms with Crippen molar-refractivity contribution >= 4 is 5.91 Å². The number of carbonyl (C=O) groups excluding carboxylic acids is 1. The van der Waals surface area contributed by atoms with Gasteiger partial charge in [-0.05, 0) is 31.2 Å². The van der Waals surface area contributed by atoms with Crippen LogP contribution in [0.5, 0.6) is 0 Å². The molecule has 0 unspecified atom stereocenters. The highest BCUT2D eigenvalue weighted by Crippen LogP contribution is 2.15. The Kier molecular flexibility index (Phi) is 4.81. The molecule has 1 aromatic carbocycles. The first-order valence-electron chi connectivity index (χ1n) is 6.60. The van der Waals surface area contributed by atoms with Crippen molar-refractivity contribution in [3.05, 3.63) is 59.0 Å². The molecule has 21 heavy (non-hydrogen) atoms. The average molecular weight is 283 g/mol. The van der Waals surface area contributed by atoms with Crippen LogP contribution in [0.3, 0.4) is 0 Å². The van der Waals surface area contributed by atoms with Crippen LogP contribution in [0.4, 0.5) is 0 Å². The van der Waals surface area contributed by atoms with Crippen molar-refractivity contribution < 1.29 is 14.3 Å². The molecule has 1 amide bonds. The second-order valence-corrected chi connectivity index (χ2v) is 4.75. The molecule has 0 spiro atoms. The largest absolute Gasteiger partial charge is 0.467 e. The zero-order chi connectivity index (χ0) is 15.2. The van der Waals surface area contributed by atoms with E-state index in [-0.39, 0.29) is 12.5 Å². The molecular weight excluding hydrogens is 266 g/mol. The Hall–Kier alpha value is -2.51. The van der Waals surface area contributed by atoms with E-state index in [1.54, 1.807) is 30.3 Å². The summed E-state index contributed by atoms with van der Waals surface area (Å²) < 4.78 is 5.25. The molecule has 0 aliphatic heterocycles. The lowest BCUT2D eigenvalue weighted by molar-refractivity contribution is 0.0775. The molecule has 4 heteroatoms. The van der Waals surface area contributed by atoms with Gasteiger partial charge >= 0.3 is 0 Å². The summed E-state index contributed by atoms with van der Waals surface area (Å²) in [5.41, 5.74) is 2.13. The maximum atomic E-state index is 12.6. The first-order chi connectivity index (χ1) is 10.1. The fraction of sp³-hybridized carbons (Fsp3) is 0.235. The Balaban J connectivity index is 2.26. The van der Waals surface area contributed by atoms with E-state index in [0.717, 1.165) is 11.3 Å². The van der Waals surface area contributed by atoms with Crippen molar-refractivity contribution in [2.45, 2.75) is 13.5 Å². The molecule has 0 radical (unpaired) electrons. The van der Waals surface area contributed by atoms with Gasteiger partial charge in [0, 0.05) is 12.6 Å². The van der Waals surface area contributed by atoms with Gasteiger partial charge in [-0.2, -0.15) is 0 Å². The number of carbonyl (C=O) groups is 1. The van der Waals surface area contributed by atoms with E-state index in [0.29, 0.717) is 17.7 Å². The lowest BCUT2D eigenvalue weighted by atomic mass is 10.0. The van der Waals surface area contributed by atoms with Crippen LogP contribution in [-0.2, 0) is 6.54 Å². The van der Waals surface area contributed by atoms with E-state index in [1.165, 1.54) is 0 Å². The maximum absolute atomic E-state index is 12.6. The summed E-state index contributed by atoms with van der Waals surface area (Å²) in [7, 11) is 1.72. The molecule has 0 atom stereocenters. The van der Waals surface area contributed by atoms with Gasteiger partial charge in [0.2, 0.25) is 0 Å². The Morgan fingerprint density at radius 3 is 2.86 bits per heavy atom. The van der Waals surface area contributed by atoms with Gasteiger partial charge < -0.3 is 14.4 Å². The van der Waals surface area contributed by atoms with Crippen molar-refractivity contribution in [3.8, 4) is 11.8 Å². The highest BCUT2D eigenvalue weighted by molar-refractivity contribution is 5.96. The monoisotopic (exact) mass is 283 g/mol. The Bertz CT molecular complexity index is 678. The number of aliphatic hydroxyl groups excluding tert-OH is 1. The normalized spacial score (nSPS) is 9.86. The molecule has 1 aromatic heterocycles. The van der Waals surface area contributed by atoms with Crippen LogP contribution in [0.25, 0.3) is 0 Å². The number of hydrogen-bond acceptors (Lipinski definition) is 3. The number of benzene rings is 1. The number of aliphatic hydroxyl groups is 1. The molecule has 0 aliphatic carbocycles. The minimum Gasteiger partial charge on any atom is -0.467 e. The predicted molar refractivity (Wildman–Crippen MR) is 79.6 cm³/mol. The van der Waals surface area contributed by atoms with Crippen LogP contribution in [0.1, 0.15) is 27.2 Å². The van der Waals surface area contributed by atoms with Gasteiger partial charge in [-0.25, -0.2) is 0 Å². The van der Waals surface area contributed by atoms with E-state index in [9.17, 15) is 4.79 Å². The fourth-order valence-electron chi connectivity index (χ4n) is 1.99. The number of furan rings is 1. The van der Waals surface area contributed by atoms with Crippen molar-refractivity contribution in [3.63, 3.8) is 0 Å². The predicted octanol–water partition coefficient (Wildman–Crippen LogP) is 2.20. The number of amides is 1. The third-order valence-electron chi connectivity index (χ3n) is 3.03. The van der Waals surface area contributed by atoms with Gasteiger partial charge in [-0.3, -0.25) is 4.79 Å². The van der Waals surface area contributed by atoms with Gasteiger partial charge in [0.15, 0.2) is 0 Å². The summed E-state index contributed by atoms with van der Waals surface area (Å²) in [6, 6.07) is 9.12. The average Bonchev–Trinajstić information content (AvgIpc) is 2.98. The summed E-state index contributed by atoms with van der Waals surface area (Å²) in [5.74, 6) is 5.99.